The van der Waals surface area contributed by atoms with Crippen molar-refractivity contribution >= 4 is 28.0 Å². The second kappa shape index (κ2) is 7.55. The molecule has 0 aliphatic heterocycles. The van der Waals surface area contributed by atoms with Crippen LogP contribution in [0.1, 0.15) is 37.1 Å². The minimum atomic E-state index is 0.249. The van der Waals surface area contributed by atoms with Crippen LogP contribution in [0.4, 0.5) is 5.82 Å². The summed E-state index contributed by atoms with van der Waals surface area (Å²) in [5.41, 5.74) is 4.61. The van der Waals surface area contributed by atoms with Crippen LogP contribution in [0, 0.1) is 0 Å². The largest absolute Gasteiger partial charge is 0.361 e. The van der Waals surface area contributed by atoms with Crippen molar-refractivity contribution in [3.63, 3.8) is 0 Å². The van der Waals surface area contributed by atoms with E-state index in [4.69, 9.17) is 9.97 Å². The SMILES string of the molecule is CC(C)n1cnc2c(NCc3nc4ccccc4[nH]3)nc(Cc3cccnc3)nc21. The number of hydrogen-bond donors (Lipinski definition) is 2. The third kappa shape index (κ3) is 3.47. The lowest BCUT2D eigenvalue weighted by Gasteiger charge is -2.11. The number of para-hydroxylation sites is 2. The standard InChI is InChI=1S/C22H22N8/c1-14(2)30-13-25-20-21(24-12-19-26-16-7-3-4-8-17(16)27-19)28-18(29-22(20)30)10-15-6-5-9-23-11-15/h3-9,11,13-14H,10,12H2,1-2H3,(H,26,27)(H,24,28,29). The maximum absolute atomic E-state index is 4.80. The second-order valence-electron chi connectivity index (χ2n) is 7.50. The first-order chi connectivity index (χ1) is 14.7. The number of pyridine rings is 1. The molecule has 4 heterocycles. The molecule has 4 aromatic heterocycles. The molecule has 0 fully saturated rings. The van der Waals surface area contributed by atoms with Gasteiger partial charge in [0.2, 0.25) is 0 Å². The Kier molecular flexibility index (Phi) is 4.59. The molecule has 1 aromatic carbocycles. The van der Waals surface area contributed by atoms with Crippen LogP contribution in [0.3, 0.4) is 0 Å². The predicted octanol–water partition coefficient (Wildman–Crippen LogP) is 3.88. The van der Waals surface area contributed by atoms with E-state index in [1.54, 1.807) is 6.20 Å². The van der Waals surface area contributed by atoms with Gasteiger partial charge in [-0.1, -0.05) is 18.2 Å². The molecule has 0 saturated heterocycles. The summed E-state index contributed by atoms with van der Waals surface area (Å²) in [6, 6.07) is 12.2. The third-order valence-corrected chi connectivity index (χ3v) is 4.97. The lowest BCUT2D eigenvalue weighted by atomic mass is 10.2. The van der Waals surface area contributed by atoms with E-state index in [0.717, 1.165) is 39.4 Å². The molecule has 0 saturated carbocycles. The number of aromatic nitrogens is 7. The van der Waals surface area contributed by atoms with E-state index in [1.165, 1.54) is 0 Å². The van der Waals surface area contributed by atoms with Gasteiger partial charge in [-0.05, 0) is 37.6 Å². The quantitative estimate of drug-likeness (QED) is 0.450. The number of anilines is 1. The summed E-state index contributed by atoms with van der Waals surface area (Å²) in [6.07, 6.45) is 6.03. The molecule has 0 bridgehead atoms. The summed E-state index contributed by atoms with van der Waals surface area (Å²) in [5, 5.41) is 3.41. The fourth-order valence-corrected chi connectivity index (χ4v) is 3.48. The number of benzene rings is 1. The highest BCUT2D eigenvalue weighted by atomic mass is 15.2. The number of fused-ring (bicyclic) bond motifs is 2. The monoisotopic (exact) mass is 398 g/mol. The summed E-state index contributed by atoms with van der Waals surface area (Å²) >= 11 is 0. The van der Waals surface area contributed by atoms with Gasteiger partial charge in [-0.3, -0.25) is 4.98 Å². The highest BCUT2D eigenvalue weighted by Crippen LogP contribution is 2.23. The fraction of sp³-hybridized carbons (Fsp3) is 0.227. The molecule has 0 aliphatic rings. The Morgan fingerprint density at radius 2 is 1.97 bits per heavy atom. The number of rotatable bonds is 6. The molecule has 2 N–H and O–H groups in total. The van der Waals surface area contributed by atoms with Crippen LogP contribution < -0.4 is 5.32 Å². The van der Waals surface area contributed by atoms with Crippen molar-refractivity contribution in [1.82, 2.24) is 34.5 Å². The van der Waals surface area contributed by atoms with Gasteiger partial charge < -0.3 is 14.9 Å². The summed E-state index contributed by atoms with van der Waals surface area (Å²) in [7, 11) is 0. The van der Waals surface area contributed by atoms with Crippen molar-refractivity contribution in [2.45, 2.75) is 32.9 Å². The molecule has 0 unspecified atom stereocenters. The summed E-state index contributed by atoms with van der Waals surface area (Å²) in [4.78, 5) is 26.3. The van der Waals surface area contributed by atoms with E-state index in [2.05, 4.69) is 43.7 Å². The van der Waals surface area contributed by atoms with Crippen molar-refractivity contribution in [3.05, 3.63) is 72.3 Å². The van der Waals surface area contributed by atoms with Crippen LogP contribution >= 0.6 is 0 Å². The molecular weight excluding hydrogens is 376 g/mol. The average molecular weight is 398 g/mol. The number of nitrogens with zero attached hydrogens (tertiary/aromatic N) is 6. The van der Waals surface area contributed by atoms with E-state index in [0.29, 0.717) is 18.8 Å². The molecule has 8 nitrogen and oxygen atoms in total. The lowest BCUT2D eigenvalue weighted by molar-refractivity contribution is 0.612. The Bertz CT molecular complexity index is 1270. The van der Waals surface area contributed by atoms with Gasteiger partial charge in [0.1, 0.15) is 17.2 Å². The van der Waals surface area contributed by atoms with Gasteiger partial charge >= 0.3 is 0 Å². The summed E-state index contributed by atoms with van der Waals surface area (Å²) < 4.78 is 2.07. The van der Waals surface area contributed by atoms with E-state index < -0.39 is 0 Å². The molecule has 0 aliphatic carbocycles. The lowest BCUT2D eigenvalue weighted by Crippen LogP contribution is -2.09. The van der Waals surface area contributed by atoms with Crippen molar-refractivity contribution in [3.8, 4) is 0 Å². The number of aromatic amines is 1. The molecule has 0 amide bonds. The van der Waals surface area contributed by atoms with Gasteiger partial charge in [0.15, 0.2) is 11.5 Å². The minimum Gasteiger partial charge on any atom is -0.361 e. The van der Waals surface area contributed by atoms with Gasteiger partial charge in [0, 0.05) is 24.9 Å². The predicted molar refractivity (Wildman–Crippen MR) is 116 cm³/mol. The van der Waals surface area contributed by atoms with Gasteiger partial charge in [-0.15, -0.1) is 0 Å². The maximum Gasteiger partial charge on any atom is 0.166 e. The minimum absolute atomic E-state index is 0.249. The van der Waals surface area contributed by atoms with Gasteiger partial charge in [-0.2, -0.15) is 0 Å². The number of hydrogen-bond acceptors (Lipinski definition) is 6. The fourth-order valence-electron chi connectivity index (χ4n) is 3.48. The Morgan fingerprint density at radius 3 is 2.77 bits per heavy atom. The Labute approximate surface area is 173 Å². The summed E-state index contributed by atoms with van der Waals surface area (Å²) in [5.74, 6) is 2.28. The molecule has 5 rings (SSSR count). The molecule has 0 atom stereocenters. The first-order valence-corrected chi connectivity index (χ1v) is 9.97. The molecular formula is C22H22N8. The summed E-state index contributed by atoms with van der Waals surface area (Å²) in [6.45, 7) is 4.75. The van der Waals surface area contributed by atoms with Crippen molar-refractivity contribution in [2.75, 3.05) is 5.32 Å². The van der Waals surface area contributed by atoms with Crippen molar-refractivity contribution in [2.24, 2.45) is 0 Å². The number of nitrogens with one attached hydrogen (secondary N) is 2. The van der Waals surface area contributed by atoms with E-state index in [9.17, 15) is 0 Å². The van der Waals surface area contributed by atoms with Gasteiger partial charge in [0.05, 0.1) is 23.9 Å². The van der Waals surface area contributed by atoms with Crippen LogP contribution in [-0.4, -0.2) is 34.5 Å². The van der Waals surface area contributed by atoms with Crippen LogP contribution in [0.25, 0.3) is 22.2 Å². The van der Waals surface area contributed by atoms with Crippen molar-refractivity contribution in [1.29, 1.82) is 0 Å². The topological polar surface area (TPSA) is 97.2 Å². The number of H-pyrrole nitrogens is 1. The van der Waals surface area contributed by atoms with Gasteiger partial charge in [-0.25, -0.2) is 19.9 Å². The van der Waals surface area contributed by atoms with E-state index in [1.807, 2.05) is 48.9 Å². The Hall–Kier alpha value is -3.81. The number of imidazole rings is 2. The first-order valence-electron chi connectivity index (χ1n) is 9.97. The molecule has 0 spiro atoms. The molecule has 8 heteroatoms. The zero-order valence-corrected chi connectivity index (χ0v) is 16.9. The normalized spacial score (nSPS) is 11.6. The second-order valence-corrected chi connectivity index (χ2v) is 7.50. The van der Waals surface area contributed by atoms with Crippen LogP contribution in [0.15, 0.2) is 55.1 Å². The van der Waals surface area contributed by atoms with E-state index in [-0.39, 0.29) is 6.04 Å². The van der Waals surface area contributed by atoms with Crippen LogP contribution in [0.2, 0.25) is 0 Å². The zero-order chi connectivity index (χ0) is 20.5. The molecule has 5 aromatic rings. The van der Waals surface area contributed by atoms with Gasteiger partial charge in [0.25, 0.3) is 0 Å². The molecule has 150 valence electrons. The first kappa shape index (κ1) is 18.2. The van der Waals surface area contributed by atoms with Crippen LogP contribution in [-0.2, 0) is 13.0 Å². The van der Waals surface area contributed by atoms with Crippen molar-refractivity contribution < 1.29 is 0 Å². The van der Waals surface area contributed by atoms with Crippen LogP contribution in [0.5, 0.6) is 0 Å². The molecule has 30 heavy (non-hydrogen) atoms. The molecule has 0 radical (unpaired) electrons. The van der Waals surface area contributed by atoms with E-state index >= 15 is 0 Å². The Morgan fingerprint density at radius 1 is 1.07 bits per heavy atom. The highest BCUT2D eigenvalue weighted by molar-refractivity contribution is 5.83. The smallest absolute Gasteiger partial charge is 0.166 e. The average Bonchev–Trinajstić information content (AvgIpc) is 3.36. The highest BCUT2D eigenvalue weighted by Gasteiger charge is 2.15. The Balaban J connectivity index is 1.50. The zero-order valence-electron chi connectivity index (χ0n) is 16.9. The third-order valence-electron chi connectivity index (χ3n) is 4.97. The maximum atomic E-state index is 4.80.